The Kier molecular flexibility index (Phi) is 3.93. The normalized spacial score (nSPS) is 26.2. The topological polar surface area (TPSA) is 57.7 Å². The highest BCUT2D eigenvalue weighted by atomic mass is 32.2. The third kappa shape index (κ3) is 2.64. The van der Waals surface area contributed by atoms with Crippen LogP contribution in [0.1, 0.15) is 32.1 Å². The van der Waals surface area contributed by atoms with Crippen molar-refractivity contribution in [1.82, 2.24) is 4.90 Å². The number of benzene rings is 2. The van der Waals surface area contributed by atoms with Gasteiger partial charge in [-0.25, -0.2) is 8.42 Å². The number of likely N-dealkylation sites (tertiary alicyclic amines) is 1. The van der Waals surface area contributed by atoms with Crippen molar-refractivity contribution in [2.45, 2.75) is 37.0 Å². The molecule has 142 valence electrons. The van der Waals surface area contributed by atoms with E-state index in [0.29, 0.717) is 16.5 Å². The Labute approximate surface area is 160 Å². The van der Waals surface area contributed by atoms with Gasteiger partial charge >= 0.3 is 0 Å². The van der Waals surface area contributed by atoms with E-state index < -0.39 is 10.0 Å². The Morgan fingerprint density at radius 1 is 1.00 bits per heavy atom. The molecule has 2 fully saturated rings. The van der Waals surface area contributed by atoms with Crippen LogP contribution in [0.5, 0.6) is 0 Å². The SMILES string of the molecule is O=C(CN1c2cccc3cccc(c23)S1(=O)=O)N1CC[C@@H]2CCCC[C@@H]2C1. The third-order valence-corrected chi connectivity index (χ3v) is 8.41. The summed E-state index contributed by atoms with van der Waals surface area (Å²) in [6, 6.07) is 10.9. The molecule has 1 amide bonds. The lowest BCUT2D eigenvalue weighted by Gasteiger charge is -2.41. The first kappa shape index (κ1) is 17.0. The lowest BCUT2D eigenvalue weighted by Crippen LogP contribution is -2.48. The van der Waals surface area contributed by atoms with Gasteiger partial charge in [-0.05, 0) is 42.2 Å². The molecule has 6 heteroatoms. The van der Waals surface area contributed by atoms with Crippen LogP contribution in [-0.2, 0) is 14.8 Å². The zero-order chi connectivity index (χ0) is 18.6. The smallest absolute Gasteiger partial charge is 0.265 e. The summed E-state index contributed by atoms with van der Waals surface area (Å²) in [5.74, 6) is 1.26. The molecule has 2 atom stereocenters. The minimum Gasteiger partial charge on any atom is -0.341 e. The van der Waals surface area contributed by atoms with Gasteiger partial charge in [0.2, 0.25) is 5.91 Å². The van der Waals surface area contributed by atoms with Crippen molar-refractivity contribution in [3.63, 3.8) is 0 Å². The lowest BCUT2D eigenvalue weighted by atomic mass is 9.75. The van der Waals surface area contributed by atoms with E-state index >= 15 is 0 Å². The van der Waals surface area contributed by atoms with E-state index in [1.54, 1.807) is 18.2 Å². The molecule has 0 spiro atoms. The summed E-state index contributed by atoms with van der Waals surface area (Å²) in [7, 11) is -3.67. The van der Waals surface area contributed by atoms with E-state index in [9.17, 15) is 13.2 Å². The minimum atomic E-state index is -3.67. The summed E-state index contributed by atoms with van der Waals surface area (Å²) in [6.07, 6.45) is 6.09. The molecule has 2 aliphatic heterocycles. The fourth-order valence-electron chi connectivity index (χ4n) is 5.18. The van der Waals surface area contributed by atoms with Gasteiger partial charge in [-0.2, -0.15) is 0 Å². The number of amides is 1. The number of nitrogens with zero attached hydrogens (tertiary/aromatic N) is 2. The average molecular weight is 385 g/mol. The molecule has 0 bridgehead atoms. The highest BCUT2D eigenvalue weighted by Crippen LogP contribution is 2.42. The van der Waals surface area contributed by atoms with Crippen molar-refractivity contribution in [3.8, 4) is 0 Å². The minimum absolute atomic E-state index is 0.0765. The predicted octanol–water partition coefficient (Wildman–Crippen LogP) is 3.39. The van der Waals surface area contributed by atoms with Crippen LogP contribution in [-0.4, -0.2) is 38.9 Å². The summed E-state index contributed by atoms with van der Waals surface area (Å²) in [4.78, 5) is 15.2. The summed E-state index contributed by atoms with van der Waals surface area (Å²) in [5.41, 5.74) is 0.629. The Bertz CT molecular complexity index is 1010. The number of carbonyl (C=O) groups excluding carboxylic acids is 1. The fourth-order valence-corrected chi connectivity index (χ4v) is 6.84. The zero-order valence-electron chi connectivity index (χ0n) is 15.3. The molecule has 3 aliphatic rings. The molecule has 0 aromatic heterocycles. The van der Waals surface area contributed by atoms with Crippen LogP contribution < -0.4 is 4.31 Å². The molecule has 0 N–H and O–H groups in total. The molecule has 5 rings (SSSR count). The number of sulfonamides is 1. The average Bonchev–Trinajstić information content (AvgIpc) is 2.91. The van der Waals surface area contributed by atoms with E-state index in [1.807, 2.05) is 23.1 Å². The molecule has 1 aliphatic carbocycles. The maximum atomic E-state index is 13.1. The molecule has 2 aromatic carbocycles. The maximum Gasteiger partial charge on any atom is 0.265 e. The van der Waals surface area contributed by atoms with Gasteiger partial charge in [-0.3, -0.25) is 9.10 Å². The van der Waals surface area contributed by atoms with Gasteiger partial charge in [-0.15, -0.1) is 0 Å². The Balaban J connectivity index is 1.41. The Hall–Kier alpha value is -2.08. The quantitative estimate of drug-likeness (QED) is 0.797. The van der Waals surface area contributed by atoms with Crippen LogP contribution in [0.2, 0.25) is 0 Å². The third-order valence-electron chi connectivity index (χ3n) is 6.60. The van der Waals surface area contributed by atoms with Gasteiger partial charge in [0, 0.05) is 18.5 Å². The lowest BCUT2D eigenvalue weighted by molar-refractivity contribution is -0.132. The molecule has 0 radical (unpaired) electrons. The number of fused-ring (bicyclic) bond motifs is 1. The van der Waals surface area contributed by atoms with Gasteiger partial charge in [0.15, 0.2) is 0 Å². The standard InChI is InChI=1S/C21H24N2O3S/c24-20(22-12-11-15-5-1-2-6-17(15)13-22)14-23-18-9-3-7-16-8-4-10-19(21(16)18)27(23,25)26/h3-4,7-10,15,17H,1-2,5-6,11-14H2/t15-,17+/m0/s1. The van der Waals surface area contributed by atoms with Crippen LogP contribution in [0.3, 0.4) is 0 Å². The van der Waals surface area contributed by atoms with Gasteiger partial charge in [0.25, 0.3) is 10.0 Å². The molecular weight excluding hydrogens is 360 g/mol. The highest BCUT2D eigenvalue weighted by Gasteiger charge is 2.39. The number of carbonyl (C=O) groups is 1. The summed E-state index contributed by atoms with van der Waals surface area (Å²) >= 11 is 0. The Morgan fingerprint density at radius 3 is 2.56 bits per heavy atom. The van der Waals surface area contributed by atoms with Crippen LogP contribution in [0, 0.1) is 11.8 Å². The first-order chi connectivity index (χ1) is 13.1. The first-order valence-electron chi connectivity index (χ1n) is 9.88. The number of hydrogen-bond acceptors (Lipinski definition) is 3. The van der Waals surface area contributed by atoms with Crippen molar-refractivity contribution in [3.05, 3.63) is 36.4 Å². The molecule has 0 unspecified atom stereocenters. The van der Waals surface area contributed by atoms with Crippen molar-refractivity contribution < 1.29 is 13.2 Å². The van der Waals surface area contributed by atoms with E-state index in [0.717, 1.165) is 36.2 Å². The molecule has 27 heavy (non-hydrogen) atoms. The van der Waals surface area contributed by atoms with Crippen LogP contribution in [0.25, 0.3) is 10.8 Å². The number of anilines is 1. The van der Waals surface area contributed by atoms with Gasteiger partial charge in [0.1, 0.15) is 6.54 Å². The monoisotopic (exact) mass is 384 g/mol. The molecular formula is C21H24N2O3S. The second-order valence-electron chi connectivity index (χ2n) is 8.08. The maximum absolute atomic E-state index is 13.1. The second kappa shape index (κ2) is 6.23. The zero-order valence-corrected chi connectivity index (χ0v) is 16.1. The van der Waals surface area contributed by atoms with E-state index in [4.69, 9.17) is 0 Å². The van der Waals surface area contributed by atoms with E-state index in [2.05, 4.69) is 0 Å². The predicted molar refractivity (Wildman–Crippen MR) is 105 cm³/mol. The number of rotatable bonds is 2. The van der Waals surface area contributed by atoms with E-state index in [1.165, 1.54) is 30.0 Å². The van der Waals surface area contributed by atoms with Crippen LogP contribution in [0.15, 0.2) is 41.3 Å². The molecule has 2 aromatic rings. The molecule has 2 heterocycles. The molecule has 1 saturated carbocycles. The largest absolute Gasteiger partial charge is 0.341 e. The van der Waals surface area contributed by atoms with Gasteiger partial charge in [0.05, 0.1) is 10.6 Å². The van der Waals surface area contributed by atoms with Crippen molar-refractivity contribution >= 4 is 32.4 Å². The van der Waals surface area contributed by atoms with E-state index in [-0.39, 0.29) is 12.5 Å². The van der Waals surface area contributed by atoms with Gasteiger partial charge < -0.3 is 4.90 Å². The molecule has 5 nitrogen and oxygen atoms in total. The van der Waals surface area contributed by atoms with Crippen molar-refractivity contribution in [2.75, 3.05) is 23.9 Å². The van der Waals surface area contributed by atoms with Crippen molar-refractivity contribution in [2.24, 2.45) is 11.8 Å². The highest BCUT2D eigenvalue weighted by molar-refractivity contribution is 7.93. The van der Waals surface area contributed by atoms with Crippen LogP contribution in [0.4, 0.5) is 5.69 Å². The van der Waals surface area contributed by atoms with Crippen LogP contribution >= 0.6 is 0 Å². The number of hydrogen-bond donors (Lipinski definition) is 0. The van der Waals surface area contributed by atoms with Crippen molar-refractivity contribution in [1.29, 1.82) is 0 Å². The summed E-state index contributed by atoms with van der Waals surface area (Å²) in [5, 5.41) is 1.63. The van der Waals surface area contributed by atoms with Gasteiger partial charge in [-0.1, -0.05) is 43.5 Å². The molecule has 1 saturated heterocycles. The first-order valence-corrected chi connectivity index (χ1v) is 11.3. The summed E-state index contributed by atoms with van der Waals surface area (Å²) in [6.45, 7) is 1.44. The summed E-state index contributed by atoms with van der Waals surface area (Å²) < 4.78 is 27.4. The fraction of sp³-hybridized carbons (Fsp3) is 0.476. The second-order valence-corrected chi connectivity index (χ2v) is 9.91. The Morgan fingerprint density at radius 2 is 1.74 bits per heavy atom. The number of piperidine rings is 1.